The number of amides is 4. The number of carbonyl (C=O) groups excluding carboxylic acids is 7. The summed E-state index contributed by atoms with van der Waals surface area (Å²) in [6, 6.07) is 12.1. The molecule has 2 aromatic carbocycles. The average Bonchev–Trinajstić information content (AvgIpc) is 3.61. The minimum absolute atomic E-state index is 0.00486. The Balaban J connectivity index is 0.000000489. The quantitative estimate of drug-likeness (QED) is 0.0309. The third-order valence-electron chi connectivity index (χ3n) is 13.6. The van der Waals surface area contributed by atoms with Crippen LogP contribution < -0.4 is 36.7 Å². The minimum atomic E-state index is -1.02. The Morgan fingerprint density at radius 3 is 1.40 bits per heavy atom. The van der Waals surface area contributed by atoms with Crippen LogP contribution in [0.4, 0.5) is 0 Å². The molecular weight excluding hydrogens is 1090 g/mol. The standard InChI is InChI=1S/C32H49N3O7.C19H33N3O6.C13H19NO/c1-10-17-40-24-14-11-13-23(18-24)28(21(4)5)41-31(39)26-15-12-16-35(34-26)30(38)22(6)33-29(37)25(20(2)3)19-27(36)42-32(7,8)9;1-11(2)13(10-15(23)28-19(4,5)6)16(24)20-12(3)17(25)22-9-7-8-14(21-22)18(26)27;1-4-8-15-12-7-5-6-11(9-12)13(14)10(2)3/h10-11,13-14,18,20-22,25-26,28,34H,1,12,15-17,19H2,2-9H3,(H,33,37);11-14,21H,7-10H2,1-6H3,(H,20,24)(H,26,27);4-7,9-10,13H,1,8,14H2,2-3H3/t22-,25-,26-,28+;12-,13-,14-;13-/m001/s1. The highest BCUT2D eigenvalue weighted by atomic mass is 16.6. The maximum atomic E-state index is 13.3. The second kappa shape index (κ2) is 35.6. The van der Waals surface area contributed by atoms with E-state index in [1.165, 1.54) is 16.9 Å². The maximum Gasteiger partial charge on any atom is 0.325 e. The van der Waals surface area contributed by atoms with E-state index < -0.39 is 94.9 Å². The number of nitrogens with two attached hydrogens (primary N) is 1. The lowest BCUT2D eigenvalue weighted by molar-refractivity contribution is -0.160. The van der Waals surface area contributed by atoms with Crippen molar-refractivity contribution in [3.8, 4) is 11.5 Å². The summed E-state index contributed by atoms with van der Waals surface area (Å²) in [5.74, 6) is -3.65. The predicted molar refractivity (Wildman–Crippen MR) is 326 cm³/mol. The average molecular weight is 1190 g/mol. The monoisotopic (exact) mass is 1190 g/mol. The molecule has 21 nitrogen and oxygen atoms in total. The number of carboxylic acids is 1. The maximum absolute atomic E-state index is 13.3. The van der Waals surface area contributed by atoms with Gasteiger partial charge in [0, 0.05) is 19.1 Å². The Morgan fingerprint density at radius 1 is 0.624 bits per heavy atom. The molecule has 0 aromatic heterocycles. The summed E-state index contributed by atoms with van der Waals surface area (Å²) < 4.78 is 27.7. The number of benzene rings is 2. The van der Waals surface area contributed by atoms with Crippen LogP contribution in [0.3, 0.4) is 0 Å². The van der Waals surface area contributed by atoms with Gasteiger partial charge in [0.25, 0.3) is 11.8 Å². The van der Waals surface area contributed by atoms with Gasteiger partial charge >= 0.3 is 23.9 Å². The topological polar surface area (TPSA) is 284 Å². The summed E-state index contributed by atoms with van der Waals surface area (Å²) in [5.41, 5.74) is 12.4. The van der Waals surface area contributed by atoms with Gasteiger partial charge in [0.2, 0.25) is 11.8 Å². The molecule has 85 heavy (non-hydrogen) atoms. The van der Waals surface area contributed by atoms with E-state index in [-0.39, 0.29) is 42.5 Å². The van der Waals surface area contributed by atoms with E-state index in [0.717, 1.165) is 16.9 Å². The zero-order chi connectivity index (χ0) is 64.5. The highest BCUT2D eigenvalue weighted by Gasteiger charge is 2.37. The van der Waals surface area contributed by atoms with Gasteiger partial charge in [0.1, 0.15) is 66.2 Å². The zero-order valence-electron chi connectivity index (χ0n) is 53.4. The fraction of sp³-hybridized carbons (Fsp3) is 0.625. The molecule has 2 aliphatic rings. The first kappa shape index (κ1) is 74.3. The summed E-state index contributed by atoms with van der Waals surface area (Å²) in [4.78, 5) is 100. The number of ether oxygens (including phenoxy) is 5. The van der Waals surface area contributed by atoms with E-state index in [0.29, 0.717) is 63.7 Å². The summed E-state index contributed by atoms with van der Waals surface area (Å²) in [6.07, 6.45) is 4.81. The van der Waals surface area contributed by atoms with Crippen molar-refractivity contribution in [3.05, 3.63) is 85.0 Å². The first-order chi connectivity index (χ1) is 39.6. The van der Waals surface area contributed by atoms with Crippen molar-refractivity contribution in [2.75, 3.05) is 26.3 Å². The Labute approximate surface area is 505 Å². The summed E-state index contributed by atoms with van der Waals surface area (Å²) in [5, 5.41) is 17.1. The van der Waals surface area contributed by atoms with Gasteiger partial charge in [-0.2, -0.15) is 0 Å². The summed E-state index contributed by atoms with van der Waals surface area (Å²) in [7, 11) is 0. The number of nitrogens with zero attached hydrogens (tertiary/aromatic N) is 2. The van der Waals surface area contributed by atoms with Crippen LogP contribution in [0.1, 0.15) is 173 Å². The molecule has 21 heteroatoms. The van der Waals surface area contributed by atoms with Crippen molar-refractivity contribution in [2.24, 2.45) is 41.2 Å². The van der Waals surface area contributed by atoms with Gasteiger partial charge in [0.05, 0.1) is 24.7 Å². The van der Waals surface area contributed by atoms with Crippen LogP contribution in [-0.2, 0) is 52.6 Å². The van der Waals surface area contributed by atoms with Crippen molar-refractivity contribution < 1.29 is 67.1 Å². The molecule has 2 aliphatic heterocycles. The zero-order valence-corrected chi connectivity index (χ0v) is 53.4. The lowest BCUT2D eigenvalue weighted by Crippen LogP contribution is -2.60. The number of hydrogen-bond donors (Lipinski definition) is 6. The molecule has 476 valence electrons. The van der Waals surface area contributed by atoms with Gasteiger partial charge < -0.3 is 45.2 Å². The number of nitrogens with one attached hydrogen (secondary N) is 4. The molecule has 0 unspecified atom stereocenters. The van der Waals surface area contributed by atoms with Crippen molar-refractivity contribution in [1.82, 2.24) is 31.5 Å². The van der Waals surface area contributed by atoms with Crippen molar-refractivity contribution in [1.29, 1.82) is 0 Å². The van der Waals surface area contributed by atoms with Crippen LogP contribution >= 0.6 is 0 Å². The van der Waals surface area contributed by atoms with Crippen LogP contribution in [0.25, 0.3) is 0 Å². The molecular formula is C64H101N7O14. The van der Waals surface area contributed by atoms with Crippen LogP contribution in [0.15, 0.2) is 73.8 Å². The van der Waals surface area contributed by atoms with Crippen molar-refractivity contribution in [2.45, 2.75) is 197 Å². The smallest absolute Gasteiger partial charge is 0.325 e. The first-order valence-electron chi connectivity index (χ1n) is 29.6. The third-order valence-corrected chi connectivity index (χ3v) is 13.6. The Kier molecular flexibility index (Phi) is 31.1. The van der Waals surface area contributed by atoms with E-state index in [2.05, 4.69) is 48.5 Å². The first-order valence-corrected chi connectivity index (χ1v) is 29.6. The van der Waals surface area contributed by atoms with E-state index >= 15 is 0 Å². The molecule has 2 fully saturated rings. The SMILES string of the molecule is C=CCOc1cccc([C@H](N)C(C)C)c1.C=CCOc1cccc([C@H](OC(=O)[C@@H]2CCCN(C(=O)[C@H](C)NC(=O)[C@@H](CC(=O)OC(C)(C)C)C(C)C)N2)C(C)C)c1.CC(C)[C@H](CC(=O)OC(C)(C)C)C(=O)N[C@@H](C)C(=O)N1CCC[C@@H](C(=O)O)N1. The lowest BCUT2D eigenvalue weighted by atomic mass is 9.91. The number of aliphatic carboxylic acids is 1. The van der Waals surface area contributed by atoms with E-state index in [1.807, 2.05) is 90.1 Å². The van der Waals surface area contributed by atoms with Gasteiger partial charge in [-0.1, -0.05) is 105 Å². The van der Waals surface area contributed by atoms with Crippen molar-refractivity contribution >= 4 is 47.5 Å². The Morgan fingerprint density at radius 2 is 1.02 bits per heavy atom. The van der Waals surface area contributed by atoms with E-state index in [9.17, 15) is 38.4 Å². The highest BCUT2D eigenvalue weighted by molar-refractivity contribution is 5.91. The lowest BCUT2D eigenvalue weighted by Gasteiger charge is -2.35. The van der Waals surface area contributed by atoms with Crippen LogP contribution in [0.5, 0.6) is 11.5 Å². The molecule has 0 radical (unpaired) electrons. The molecule has 0 spiro atoms. The second-order valence-corrected chi connectivity index (χ2v) is 24.9. The molecule has 0 aliphatic carbocycles. The van der Waals surface area contributed by atoms with Gasteiger partial charge in [-0.05, 0) is 140 Å². The van der Waals surface area contributed by atoms with Crippen molar-refractivity contribution in [3.63, 3.8) is 0 Å². The predicted octanol–water partition coefficient (Wildman–Crippen LogP) is 8.48. The van der Waals surface area contributed by atoms with Gasteiger partial charge in [-0.25, -0.2) is 10.9 Å². The van der Waals surface area contributed by atoms with Crippen LogP contribution in [0, 0.1) is 35.5 Å². The molecule has 2 aromatic rings. The van der Waals surface area contributed by atoms with Crippen LogP contribution in [0.2, 0.25) is 0 Å². The largest absolute Gasteiger partial charge is 0.490 e. The molecule has 4 amide bonds. The molecule has 2 heterocycles. The number of hydrazine groups is 2. The normalized spacial score (nSPS) is 17.4. The fourth-order valence-electron chi connectivity index (χ4n) is 8.94. The van der Waals surface area contributed by atoms with E-state index in [4.69, 9.17) is 34.5 Å². The number of carbonyl (C=O) groups is 8. The fourth-order valence-corrected chi connectivity index (χ4v) is 8.94. The molecule has 0 saturated carbocycles. The number of hydrogen-bond acceptors (Lipinski definition) is 16. The Bertz CT molecular complexity index is 2520. The van der Waals surface area contributed by atoms with Gasteiger partial charge in [-0.15, -0.1) is 0 Å². The highest BCUT2D eigenvalue weighted by Crippen LogP contribution is 2.30. The number of carboxylic acid groups (broad SMARTS) is 1. The summed E-state index contributed by atoms with van der Waals surface area (Å²) >= 11 is 0. The number of rotatable bonds is 25. The number of esters is 3. The molecule has 8 atom stereocenters. The molecule has 2 saturated heterocycles. The molecule has 0 bridgehead atoms. The second-order valence-electron chi connectivity index (χ2n) is 24.9. The van der Waals surface area contributed by atoms with Crippen LogP contribution in [-0.4, -0.2) is 124 Å². The van der Waals surface area contributed by atoms with Gasteiger partial charge in [0.15, 0.2) is 0 Å². The third kappa shape index (κ3) is 27.0. The molecule has 4 rings (SSSR count). The summed E-state index contributed by atoms with van der Waals surface area (Å²) in [6.45, 7) is 38.1. The van der Waals surface area contributed by atoms with E-state index in [1.54, 1.807) is 60.6 Å². The minimum Gasteiger partial charge on any atom is -0.490 e. The Hall–Kier alpha value is -6.84. The molecule has 7 N–H and O–H groups in total. The van der Waals surface area contributed by atoms with Gasteiger partial charge in [-0.3, -0.25) is 48.4 Å².